The Morgan fingerprint density at radius 3 is 2.56 bits per heavy atom. The van der Waals surface area contributed by atoms with Gasteiger partial charge in [0.25, 0.3) is 0 Å². The third-order valence-corrected chi connectivity index (χ3v) is 2.27. The van der Waals surface area contributed by atoms with Gasteiger partial charge in [0, 0.05) is 11.7 Å². The number of hydrogen-bond donors (Lipinski definition) is 2. The van der Waals surface area contributed by atoms with Crippen molar-refractivity contribution in [3.05, 3.63) is 24.0 Å². The van der Waals surface area contributed by atoms with E-state index in [1.807, 2.05) is 13.8 Å². The van der Waals surface area contributed by atoms with Crippen molar-refractivity contribution < 1.29 is 14.8 Å². The molecule has 0 aliphatic carbocycles. The van der Waals surface area contributed by atoms with Gasteiger partial charge < -0.3 is 14.8 Å². The highest BCUT2D eigenvalue weighted by Gasteiger charge is 2.27. The molecule has 0 saturated carbocycles. The molecule has 5 nitrogen and oxygen atoms in total. The van der Waals surface area contributed by atoms with E-state index in [-0.39, 0.29) is 5.54 Å². The Morgan fingerprint density at radius 2 is 2.12 bits per heavy atom. The number of aromatic nitrogens is 1. The van der Waals surface area contributed by atoms with Gasteiger partial charge in [-0.1, -0.05) is 6.07 Å². The zero-order valence-corrected chi connectivity index (χ0v) is 9.21. The Bertz CT molecular complexity index is 415. The van der Waals surface area contributed by atoms with E-state index in [1.54, 1.807) is 12.1 Å². The summed E-state index contributed by atoms with van der Waals surface area (Å²) in [4.78, 5) is 8.44. The van der Waals surface area contributed by atoms with E-state index in [0.29, 0.717) is 23.7 Å². The zero-order chi connectivity index (χ0) is 11.8. The van der Waals surface area contributed by atoms with Crippen LogP contribution in [-0.2, 0) is 4.74 Å². The predicted octanol–water partition coefficient (Wildman–Crippen LogP) is -0.683. The average molecular weight is 220 g/mol. The summed E-state index contributed by atoms with van der Waals surface area (Å²) in [6.45, 7) is 4.49. The standard InChI is InChI=1S/C10H13BN2O3/c1-10(2)6-16-9(13-10)8-4-3-7(5-12-8)11(14)15/h3-5,14-15H,6H2,1-2H3. The van der Waals surface area contributed by atoms with Gasteiger partial charge in [-0.2, -0.15) is 0 Å². The molecule has 1 aromatic rings. The van der Waals surface area contributed by atoms with Crippen LogP contribution < -0.4 is 5.46 Å². The van der Waals surface area contributed by atoms with Crippen molar-refractivity contribution >= 4 is 18.5 Å². The first kappa shape index (κ1) is 11.1. The molecule has 0 saturated heterocycles. The fourth-order valence-electron chi connectivity index (χ4n) is 1.40. The molecule has 1 aliphatic heterocycles. The van der Waals surface area contributed by atoms with Crippen LogP contribution in [0.4, 0.5) is 0 Å². The molecule has 84 valence electrons. The highest BCUT2D eigenvalue weighted by Crippen LogP contribution is 2.19. The summed E-state index contributed by atoms with van der Waals surface area (Å²) in [7, 11) is -1.50. The minimum absolute atomic E-state index is 0.216. The fraction of sp³-hybridized carbons (Fsp3) is 0.400. The highest BCUT2D eigenvalue weighted by molar-refractivity contribution is 6.58. The molecule has 1 aromatic heterocycles. The smallest absolute Gasteiger partial charge is 0.474 e. The summed E-state index contributed by atoms with van der Waals surface area (Å²) >= 11 is 0. The third kappa shape index (κ3) is 2.23. The van der Waals surface area contributed by atoms with Crippen LogP contribution in [-0.4, -0.2) is 40.2 Å². The minimum atomic E-state index is -1.50. The number of aliphatic imine (C=N–C) groups is 1. The summed E-state index contributed by atoms with van der Waals surface area (Å²) in [5, 5.41) is 17.8. The summed E-state index contributed by atoms with van der Waals surface area (Å²) in [6.07, 6.45) is 1.40. The molecule has 0 amide bonds. The van der Waals surface area contributed by atoms with Gasteiger partial charge in [-0.3, -0.25) is 4.98 Å². The minimum Gasteiger partial charge on any atom is -0.474 e. The van der Waals surface area contributed by atoms with Gasteiger partial charge >= 0.3 is 7.12 Å². The monoisotopic (exact) mass is 220 g/mol. The maximum Gasteiger partial charge on any atom is 0.490 e. The predicted molar refractivity (Wildman–Crippen MR) is 60.6 cm³/mol. The van der Waals surface area contributed by atoms with E-state index in [2.05, 4.69) is 9.98 Å². The molecule has 2 heterocycles. The molecule has 0 spiro atoms. The van der Waals surface area contributed by atoms with Crippen molar-refractivity contribution in [1.82, 2.24) is 4.98 Å². The maximum absolute atomic E-state index is 8.92. The molecule has 0 bridgehead atoms. The van der Waals surface area contributed by atoms with Crippen LogP contribution in [0.25, 0.3) is 0 Å². The third-order valence-electron chi connectivity index (χ3n) is 2.27. The van der Waals surface area contributed by atoms with Crippen LogP contribution in [0.3, 0.4) is 0 Å². The van der Waals surface area contributed by atoms with Crippen LogP contribution in [0.2, 0.25) is 0 Å². The summed E-state index contributed by atoms with van der Waals surface area (Å²) in [6, 6.07) is 3.25. The van der Waals surface area contributed by atoms with Gasteiger partial charge in [-0.25, -0.2) is 4.99 Å². The van der Waals surface area contributed by atoms with Gasteiger partial charge in [0.1, 0.15) is 12.3 Å². The lowest BCUT2D eigenvalue weighted by Gasteiger charge is -2.07. The molecule has 2 rings (SSSR count). The largest absolute Gasteiger partial charge is 0.490 e. The SMILES string of the molecule is CC1(C)COC(c2ccc(B(O)O)cn2)=N1. The lowest BCUT2D eigenvalue weighted by Crippen LogP contribution is -2.30. The summed E-state index contributed by atoms with van der Waals surface area (Å²) in [5.41, 5.74) is 0.739. The van der Waals surface area contributed by atoms with Crippen LogP contribution >= 0.6 is 0 Å². The Morgan fingerprint density at radius 1 is 1.38 bits per heavy atom. The first-order valence-electron chi connectivity index (χ1n) is 5.03. The first-order chi connectivity index (χ1) is 7.48. The molecule has 0 aromatic carbocycles. The Balaban J connectivity index is 2.23. The second-order valence-corrected chi connectivity index (χ2v) is 4.37. The number of hydrogen-bond acceptors (Lipinski definition) is 5. The molecule has 0 radical (unpaired) electrons. The molecule has 1 aliphatic rings. The number of nitrogens with zero attached hydrogens (tertiary/aromatic N) is 2. The van der Waals surface area contributed by atoms with Crippen LogP contribution in [0.15, 0.2) is 23.3 Å². The van der Waals surface area contributed by atoms with E-state index in [9.17, 15) is 0 Å². The molecule has 0 fully saturated rings. The van der Waals surface area contributed by atoms with Gasteiger partial charge in [-0.15, -0.1) is 0 Å². The summed E-state index contributed by atoms with van der Waals surface area (Å²) in [5.74, 6) is 0.504. The lowest BCUT2D eigenvalue weighted by molar-refractivity contribution is 0.279. The van der Waals surface area contributed by atoms with Crippen molar-refractivity contribution in [3.63, 3.8) is 0 Å². The fourth-order valence-corrected chi connectivity index (χ4v) is 1.40. The van der Waals surface area contributed by atoms with Crippen LogP contribution in [0, 0.1) is 0 Å². The molecule has 16 heavy (non-hydrogen) atoms. The van der Waals surface area contributed by atoms with E-state index in [1.165, 1.54) is 6.20 Å². The van der Waals surface area contributed by atoms with Crippen LogP contribution in [0.1, 0.15) is 19.5 Å². The van der Waals surface area contributed by atoms with Gasteiger partial charge in [0.05, 0.1) is 5.54 Å². The van der Waals surface area contributed by atoms with E-state index >= 15 is 0 Å². The quantitative estimate of drug-likeness (QED) is 0.647. The number of rotatable bonds is 2. The molecule has 0 unspecified atom stereocenters. The lowest BCUT2D eigenvalue weighted by atomic mass is 9.82. The molecular weight excluding hydrogens is 207 g/mol. The zero-order valence-electron chi connectivity index (χ0n) is 9.21. The van der Waals surface area contributed by atoms with Gasteiger partial charge in [-0.05, 0) is 19.9 Å². The van der Waals surface area contributed by atoms with Crippen molar-refractivity contribution in [2.24, 2.45) is 4.99 Å². The summed E-state index contributed by atoms with van der Waals surface area (Å²) < 4.78 is 5.42. The number of ether oxygens (including phenoxy) is 1. The van der Waals surface area contributed by atoms with Gasteiger partial charge in [0.2, 0.25) is 5.90 Å². The molecule has 6 heteroatoms. The topological polar surface area (TPSA) is 74.9 Å². The number of pyridine rings is 1. The highest BCUT2D eigenvalue weighted by atomic mass is 16.5. The Labute approximate surface area is 94.0 Å². The maximum atomic E-state index is 8.92. The molecular formula is C10H13BN2O3. The van der Waals surface area contributed by atoms with Crippen molar-refractivity contribution in [3.8, 4) is 0 Å². The average Bonchev–Trinajstić information content (AvgIpc) is 2.59. The Hall–Kier alpha value is -1.40. The first-order valence-corrected chi connectivity index (χ1v) is 5.03. The molecule has 0 atom stereocenters. The van der Waals surface area contributed by atoms with Crippen molar-refractivity contribution in [2.75, 3.05) is 6.61 Å². The second-order valence-electron chi connectivity index (χ2n) is 4.37. The van der Waals surface area contributed by atoms with E-state index in [0.717, 1.165) is 0 Å². The molecule has 2 N–H and O–H groups in total. The van der Waals surface area contributed by atoms with Crippen molar-refractivity contribution in [1.29, 1.82) is 0 Å². The van der Waals surface area contributed by atoms with Crippen LogP contribution in [0.5, 0.6) is 0 Å². The second kappa shape index (κ2) is 3.88. The van der Waals surface area contributed by atoms with E-state index < -0.39 is 7.12 Å². The van der Waals surface area contributed by atoms with Crippen molar-refractivity contribution in [2.45, 2.75) is 19.4 Å². The van der Waals surface area contributed by atoms with E-state index in [4.69, 9.17) is 14.8 Å². The Kier molecular flexibility index (Phi) is 2.69. The van der Waals surface area contributed by atoms with Gasteiger partial charge in [0.15, 0.2) is 0 Å². The normalized spacial score (nSPS) is 17.9.